The molecule has 0 fully saturated rings. The van der Waals surface area contributed by atoms with Gasteiger partial charge in [0.1, 0.15) is 0 Å². The predicted octanol–water partition coefficient (Wildman–Crippen LogP) is 3.19. The average Bonchev–Trinajstić information content (AvgIpc) is 2.66. The molecule has 1 heterocycles. The van der Waals surface area contributed by atoms with Crippen molar-refractivity contribution in [1.82, 2.24) is 15.8 Å². The van der Waals surface area contributed by atoms with E-state index in [4.69, 9.17) is 5.73 Å². The molecule has 6 nitrogen and oxygen atoms in total. The SMILES string of the molecule is CC(C)(C)c1ccc(C(=O)NNC(=O)c2cnc3ccccc3c2N)cc1. The fraction of sp³-hybridized carbons (Fsp3) is 0.190. The average molecular weight is 362 g/mol. The molecular formula is C21H22N4O2. The van der Waals surface area contributed by atoms with Crippen LogP contribution in [0.1, 0.15) is 47.1 Å². The van der Waals surface area contributed by atoms with E-state index in [2.05, 4.69) is 36.6 Å². The number of nitrogens with one attached hydrogen (secondary N) is 2. The second-order valence-corrected chi connectivity index (χ2v) is 7.34. The zero-order valence-corrected chi connectivity index (χ0v) is 15.5. The molecule has 3 aromatic rings. The summed E-state index contributed by atoms with van der Waals surface area (Å²) in [4.78, 5) is 28.9. The summed E-state index contributed by atoms with van der Waals surface area (Å²) in [5, 5.41) is 0.689. The molecular weight excluding hydrogens is 340 g/mol. The first kappa shape index (κ1) is 18.4. The third kappa shape index (κ3) is 3.89. The maximum atomic E-state index is 12.4. The van der Waals surface area contributed by atoms with E-state index in [9.17, 15) is 9.59 Å². The molecule has 1 aromatic heterocycles. The van der Waals surface area contributed by atoms with Crippen LogP contribution in [0.2, 0.25) is 0 Å². The van der Waals surface area contributed by atoms with Gasteiger partial charge in [-0.2, -0.15) is 0 Å². The molecule has 4 N–H and O–H groups in total. The van der Waals surface area contributed by atoms with E-state index in [1.165, 1.54) is 6.20 Å². The van der Waals surface area contributed by atoms with Gasteiger partial charge in [0.15, 0.2) is 0 Å². The van der Waals surface area contributed by atoms with Gasteiger partial charge < -0.3 is 5.73 Å². The van der Waals surface area contributed by atoms with Gasteiger partial charge in [0.25, 0.3) is 11.8 Å². The van der Waals surface area contributed by atoms with Gasteiger partial charge in [-0.1, -0.05) is 51.1 Å². The Kier molecular flexibility index (Phi) is 4.81. The zero-order valence-electron chi connectivity index (χ0n) is 15.5. The first-order valence-corrected chi connectivity index (χ1v) is 8.62. The number of nitrogen functional groups attached to an aromatic ring is 1. The Morgan fingerprint density at radius 1 is 0.926 bits per heavy atom. The Morgan fingerprint density at radius 3 is 2.22 bits per heavy atom. The van der Waals surface area contributed by atoms with Gasteiger partial charge in [0.2, 0.25) is 0 Å². The first-order chi connectivity index (χ1) is 12.8. The van der Waals surface area contributed by atoms with Crippen LogP contribution in [-0.4, -0.2) is 16.8 Å². The summed E-state index contributed by atoms with van der Waals surface area (Å²) in [6, 6.07) is 14.6. The van der Waals surface area contributed by atoms with Gasteiger partial charge >= 0.3 is 0 Å². The van der Waals surface area contributed by atoms with E-state index < -0.39 is 11.8 Å². The van der Waals surface area contributed by atoms with E-state index in [0.717, 1.165) is 5.56 Å². The summed E-state index contributed by atoms with van der Waals surface area (Å²) in [6.45, 7) is 6.30. The van der Waals surface area contributed by atoms with Crippen LogP contribution in [-0.2, 0) is 5.41 Å². The van der Waals surface area contributed by atoms with Crippen molar-refractivity contribution in [2.24, 2.45) is 0 Å². The number of hydrazine groups is 1. The van der Waals surface area contributed by atoms with Crippen molar-refractivity contribution in [2.75, 3.05) is 5.73 Å². The minimum absolute atomic E-state index is 0.00380. The number of nitrogens with two attached hydrogens (primary N) is 1. The lowest BCUT2D eigenvalue weighted by Crippen LogP contribution is -2.42. The van der Waals surface area contributed by atoms with Crippen molar-refractivity contribution >= 4 is 28.4 Å². The van der Waals surface area contributed by atoms with Crippen LogP contribution in [0.5, 0.6) is 0 Å². The van der Waals surface area contributed by atoms with Crippen LogP contribution in [0.4, 0.5) is 5.69 Å². The number of rotatable bonds is 2. The molecule has 0 saturated heterocycles. The van der Waals surface area contributed by atoms with Crippen molar-refractivity contribution in [3.05, 3.63) is 71.4 Å². The number of fused-ring (bicyclic) bond motifs is 1. The Labute approximate surface area is 157 Å². The number of para-hydroxylation sites is 1. The molecule has 27 heavy (non-hydrogen) atoms. The molecule has 0 aliphatic rings. The zero-order chi connectivity index (χ0) is 19.6. The minimum atomic E-state index is -0.523. The standard InChI is InChI=1S/C21H22N4O2/c1-21(2,3)14-10-8-13(9-11-14)19(26)24-25-20(27)16-12-23-17-7-5-4-6-15(17)18(16)22/h4-12H,1-3H3,(H2,22,23)(H,24,26)(H,25,27). The number of pyridine rings is 1. The van der Waals surface area contributed by atoms with Crippen molar-refractivity contribution in [2.45, 2.75) is 26.2 Å². The largest absolute Gasteiger partial charge is 0.397 e. The third-order valence-electron chi connectivity index (χ3n) is 4.36. The number of amides is 2. The molecule has 0 bridgehead atoms. The monoisotopic (exact) mass is 362 g/mol. The lowest BCUT2D eigenvalue weighted by Gasteiger charge is -2.19. The van der Waals surface area contributed by atoms with E-state index in [-0.39, 0.29) is 11.0 Å². The van der Waals surface area contributed by atoms with Crippen molar-refractivity contribution in [3.63, 3.8) is 0 Å². The lowest BCUT2D eigenvalue weighted by molar-refractivity contribution is 0.0847. The molecule has 3 rings (SSSR count). The summed E-state index contributed by atoms with van der Waals surface area (Å²) in [5.74, 6) is -0.929. The van der Waals surface area contributed by atoms with Crippen molar-refractivity contribution in [1.29, 1.82) is 0 Å². The quantitative estimate of drug-likeness (QED) is 0.610. The number of aromatic nitrogens is 1. The van der Waals surface area contributed by atoms with E-state index in [1.54, 1.807) is 18.2 Å². The topological polar surface area (TPSA) is 97.1 Å². The predicted molar refractivity (Wildman–Crippen MR) is 106 cm³/mol. The summed E-state index contributed by atoms with van der Waals surface area (Å²) in [5.41, 5.74) is 13.7. The summed E-state index contributed by atoms with van der Waals surface area (Å²) in [7, 11) is 0. The molecule has 6 heteroatoms. The highest BCUT2D eigenvalue weighted by molar-refractivity contribution is 6.07. The molecule has 0 spiro atoms. The normalized spacial score (nSPS) is 11.2. The first-order valence-electron chi connectivity index (χ1n) is 8.62. The highest BCUT2D eigenvalue weighted by Gasteiger charge is 2.16. The van der Waals surface area contributed by atoms with Crippen LogP contribution in [0, 0.1) is 0 Å². The Balaban J connectivity index is 1.70. The number of hydrogen-bond donors (Lipinski definition) is 3. The summed E-state index contributed by atoms with van der Waals surface area (Å²) in [6.07, 6.45) is 1.40. The van der Waals surface area contributed by atoms with Crippen molar-refractivity contribution < 1.29 is 9.59 Å². The number of carbonyl (C=O) groups is 2. The number of nitrogens with zero attached hydrogens (tertiary/aromatic N) is 1. The molecule has 2 aromatic carbocycles. The molecule has 2 amide bonds. The van der Waals surface area contributed by atoms with Crippen LogP contribution < -0.4 is 16.6 Å². The van der Waals surface area contributed by atoms with Gasteiger partial charge in [-0.25, -0.2) is 0 Å². The summed E-state index contributed by atoms with van der Waals surface area (Å²) < 4.78 is 0. The number of hydrogen-bond acceptors (Lipinski definition) is 4. The molecule has 0 saturated carbocycles. The van der Waals surface area contributed by atoms with E-state index >= 15 is 0 Å². The second-order valence-electron chi connectivity index (χ2n) is 7.34. The highest BCUT2D eigenvalue weighted by atomic mass is 16.2. The molecule has 138 valence electrons. The van der Waals surface area contributed by atoms with E-state index in [1.807, 2.05) is 30.3 Å². The highest BCUT2D eigenvalue weighted by Crippen LogP contribution is 2.23. The fourth-order valence-corrected chi connectivity index (χ4v) is 2.72. The lowest BCUT2D eigenvalue weighted by atomic mass is 9.87. The maximum absolute atomic E-state index is 12.4. The van der Waals surface area contributed by atoms with Gasteiger partial charge in [-0.3, -0.25) is 25.4 Å². The number of benzene rings is 2. The van der Waals surface area contributed by atoms with Crippen molar-refractivity contribution in [3.8, 4) is 0 Å². The van der Waals surface area contributed by atoms with Crippen LogP contribution in [0.3, 0.4) is 0 Å². The minimum Gasteiger partial charge on any atom is -0.397 e. The van der Waals surface area contributed by atoms with Gasteiger partial charge in [0.05, 0.1) is 16.8 Å². The number of anilines is 1. The third-order valence-corrected chi connectivity index (χ3v) is 4.36. The number of carbonyl (C=O) groups excluding carboxylic acids is 2. The fourth-order valence-electron chi connectivity index (χ4n) is 2.72. The smallest absolute Gasteiger partial charge is 0.273 e. The second kappa shape index (κ2) is 7.07. The van der Waals surface area contributed by atoms with Gasteiger partial charge in [-0.15, -0.1) is 0 Å². The Bertz CT molecular complexity index is 1000. The molecule has 0 aliphatic carbocycles. The van der Waals surface area contributed by atoms with Crippen LogP contribution in [0.25, 0.3) is 10.9 Å². The molecule has 0 unspecified atom stereocenters. The van der Waals surface area contributed by atoms with Gasteiger partial charge in [-0.05, 0) is 29.2 Å². The van der Waals surface area contributed by atoms with Crippen LogP contribution >= 0.6 is 0 Å². The summed E-state index contributed by atoms with van der Waals surface area (Å²) >= 11 is 0. The Hall–Kier alpha value is -3.41. The maximum Gasteiger partial charge on any atom is 0.273 e. The molecule has 0 radical (unpaired) electrons. The van der Waals surface area contributed by atoms with Crippen LogP contribution in [0.15, 0.2) is 54.7 Å². The molecule has 0 aliphatic heterocycles. The van der Waals surface area contributed by atoms with Gasteiger partial charge in [0, 0.05) is 17.1 Å². The Morgan fingerprint density at radius 2 is 1.56 bits per heavy atom. The van der Waals surface area contributed by atoms with E-state index in [0.29, 0.717) is 22.2 Å². The molecule has 0 atom stereocenters.